The van der Waals surface area contributed by atoms with E-state index in [0.717, 1.165) is 16.6 Å². The molecule has 0 unspecified atom stereocenters. The van der Waals surface area contributed by atoms with Crippen molar-refractivity contribution in [1.82, 2.24) is 13.9 Å². The molecule has 0 fully saturated rings. The molecule has 0 spiro atoms. The zero-order valence-corrected chi connectivity index (χ0v) is 16.6. The number of aromatic nitrogens is 2. The molecule has 7 nitrogen and oxygen atoms in total. The van der Waals surface area contributed by atoms with Gasteiger partial charge in [-0.25, -0.2) is 17.9 Å². The molecule has 1 heterocycles. The Kier molecular flexibility index (Phi) is 5.12. The van der Waals surface area contributed by atoms with Gasteiger partial charge in [-0.2, -0.15) is 0 Å². The Morgan fingerprint density at radius 3 is 2.41 bits per heavy atom. The van der Waals surface area contributed by atoms with Crippen LogP contribution in [0, 0.1) is 13.8 Å². The van der Waals surface area contributed by atoms with Gasteiger partial charge in [0.05, 0.1) is 23.0 Å². The number of fused-ring (bicyclic) bond motifs is 1. The summed E-state index contributed by atoms with van der Waals surface area (Å²) in [6.07, 6.45) is 0. The molecule has 3 rings (SSSR count). The van der Waals surface area contributed by atoms with Crippen LogP contribution in [-0.4, -0.2) is 31.2 Å². The van der Waals surface area contributed by atoms with Crippen molar-refractivity contribution in [3.8, 4) is 5.75 Å². The highest BCUT2D eigenvalue weighted by molar-refractivity contribution is 7.89. The molecule has 2 aromatic carbocycles. The largest absolute Gasteiger partial charge is 0.496 e. The van der Waals surface area contributed by atoms with Crippen LogP contribution < -0.4 is 15.1 Å². The normalized spacial score (nSPS) is 11.9. The van der Waals surface area contributed by atoms with E-state index in [1.165, 1.54) is 0 Å². The van der Waals surface area contributed by atoms with E-state index in [0.29, 0.717) is 11.3 Å². The summed E-state index contributed by atoms with van der Waals surface area (Å²) >= 11 is 0. The summed E-state index contributed by atoms with van der Waals surface area (Å²) < 4.78 is 36.4. The number of benzene rings is 2. The number of sulfonamides is 1. The monoisotopic (exact) mass is 389 g/mol. The maximum absolute atomic E-state index is 12.7. The molecule has 0 aliphatic heterocycles. The van der Waals surface area contributed by atoms with Crippen LogP contribution in [0.3, 0.4) is 0 Å². The molecule has 0 saturated heterocycles. The molecular formula is C19H23N3O4S. The summed E-state index contributed by atoms with van der Waals surface area (Å²) in [5.74, 6) is 0.647. The van der Waals surface area contributed by atoms with Crippen LogP contribution in [0.15, 0.2) is 46.1 Å². The van der Waals surface area contributed by atoms with Crippen molar-refractivity contribution in [2.24, 2.45) is 7.05 Å². The van der Waals surface area contributed by atoms with Crippen LogP contribution in [0.2, 0.25) is 0 Å². The van der Waals surface area contributed by atoms with Crippen LogP contribution in [0.25, 0.3) is 11.0 Å². The van der Waals surface area contributed by atoms with Gasteiger partial charge >= 0.3 is 5.69 Å². The zero-order valence-electron chi connectivity index (χ0n) is 15.8. The van der Waals surface area contributed by atoms with Crippen molar-refractivity contribution in [2.45, 2.75) is 25.3 Å². The number of para-hydroxylation sites is 2. The Morgan fingerprint density at radius 1 is 1.07 bits per heavy atom. The molecule has 1 N–H and O–H groups in total. The van der Waals surface area contributed by atoms with Crippen molar-refractivity contribution < 1.29 is 13.2 Å². The topological polar surface area (TPSA) is 82.3 Å². The van der Waals surface area contributed by atoms with E-state index >= 15 is 0 Å². The Hall–Kier alpha value is -2.58. The molecular weight excluding hydrogens is 366 g/mol. The second-order valence-electron chi connectivity index (χ2n) is 6.47. The maximum atomic E-state index is 12.7. The lowest BCUT2D eigenvalue weighted by Gasteiger charge is -2.13. The van der Waals surface area contributed by atoms with Gasteiger partial charge in [-0.3, -0.25) is 9.13 Å². The predicted molar refractivity (Wildman–Crippen MR) is 105 cm³/mol. The third kappa shape index (κ3) is 3.50. The average Bonchev–Trinajstić information content (AvgIpc) is 2.88. The summed E-state index contributed by atoms with van der Waals surface area (Å²) in [7, 11) is -0.441. The number of nitrogens with zero attached hydrogens (tertiary/aromatic N) is 2. The molecule has 0 atom stereocenters. The van der Waals surface area contributed by atoms with E-state index in [1.807, 2.05) is 24.3 Å². The number of hydrogen-bond donors (Lipinski definition) is 1. The van der Waals surface area contributed by atoms with Crippen molar-refractivity contribution in [2.75, 3.05) is 13.7 Å². The van der Waals surface area contributed by atoms with Gasteiger partial charge in [-0.15, -0.1) is 0 Å². The van der Waals surface area contributed by atoms with Crippen LogP contribution in [0.1, 0.15) is 11.1 Å². The SMILES string of the molecule is COc1cc(C)c(S(=O)(=O)NCCn2c(=O)n(C)c3ccccc32)cc1C. The Labute approximate surface area is 158 Å². The highest BCUT2D eigenvalue weighted by Gasteiger charge is 2.19. The first-order valence-electron chi connectivity index (χ1n) is 8.55. The Balaban J connectivity index is 1.83. The minimum Gasteiger partial charge on any atom is -0.496 e. The second kappa shape index (κ2) is 7.21. The van der Waals surface area contributed by atoms with Crippen LogP contribution >= 0.6 is 0 Å². The van der Waals surface area contributed by atoms with Gasteiger partial charge in [0.1, 0.15) is 5.75 Å². The highest BCUT2D eigenvalue weighted by Crippen LogP contribution is 2.25. The average molecular weight is 389 g/mol. The molecule has 0 amide bonds. The number of rotatable bonds is 6. The number of nitrogens with one attached hydrogen (secondary N) is 1. The molecule has 1 aromatic heterocycles. The van der Waals surface area contributed by atoms with E-state index < -0.39 is 10.0 Å². The van der Waals surface area contributed by atoms with E-state index in [4.69, 9.17) is 4.74 Å². The van der Waals surface area contributed by atoms with E-state index in [9.17, 15) is 13.2 Å². The zero-order chi connectivity index (χ0) is 19.8. The van der Waals surface area contributed by atoms with E-state index in [2.05, 4.69) is 4.72 Å². The van der Waals surface area contributed by atoms with Gasteiger partial charge in [-0.05, 0) is 49.2 Å². The summed E-state index contributed by atoms with van der Waals surface area (Å²) in [5, 5.41) is 0. The first-order chi connectivity index (χ1) is 12.8. The number of methoxy groups -OCH3 is 1. The minimum absolute atomic E-state index is 0.112. The minimum atomic E-state index is -3.70. The first kappa shape index (κ1) is 19.2. The number of imidazole rings is 1. The lowest BCUT2D eigenvalue weighted by molar-refractivity contribution is 0.411. The number of aryl methyl sites for hydroxylation is 3. The molecule has 0 bridgehead atoms. The van der Waals surface area contributed by atoms with Gasteiger partial charge in [-0.1, -0.05) is 12.1 Å². The molecule has 0 radical (unpaired) electrons. The molecule has 8 heteroatoms. The first-order valence-corrected chi connectivity index (χ1v) is 10.0. The smallest absolute Gasteiger partial charge is 0.328 e. The second-order valence-corrected chi connectivity index (χ2v) is 8.20. The maximum Gasteiger partial charge on any atom is 0.328 e. The van der Waals surface area contributed by atoms with E-state index in [-0.39, 0.29) is 23.7 Å². The molecule has 27 heavy (non-hydrogen) atoms. The van der Waals surface area contributed by atoms with Gasteiger partial charge in [0, 0.05) is 20.1 Å². The third-order valence-electron chi connectivity index (χ3n) is 4.66. The van der Waals surface area contributed by atoms with Gasteiger partial charge in [0.25, 0.3) is 0 Å². The molecule has 3 aromatic rings. The highest BCUT2D eigenvalue weighted by atomic mass is 32.2. The van der Waals surface area contributed by atoms with Crippen LogP contribution in [0.4, 0.5) is 0 Å². The van der Waals surface area contributed by atoms with Crippen molar-refractivity contribution in [3.05, 3.63) is 58.0 Å². The van der Waals surface area contributed by atoms with Gasteiger partial charge < -0.3 is 4.74 Å². The summed E-state index contributed by atoms with van der Waals surface area (Å²) in [4.78, 5) is 12.6. The number of hydrogen-bond acceptors (Lipinski definition) is 4. The predicted octanol–water partition coefficient (Wildman–Crippen LogP) is 1.94. The molecule has 144 valence electrons. The lowest BCUT2D eigenvalue weighted by Crippen LogP contribution is -2.31. The van der Waals surface area contributed by atoms with Crippen molar-refractivity contribution in [1.29, 1.82) is 0 Å². The lowest BCUT2D eigenvalue weighted by atomic mass is 10.1. The number of ether oxygens (including phenoxy) is 1. The summed E-state index contributed by atoms with van der Waals surface area (Å²) in [5.41, 5.74) is 2.76. The fourth-order valence-electron chi connectivity index (χ4n) is 3.22. The third-order valence-corrected chi connectivity index (χ3v) is 6.26. The van der Waals surface area contributed by atoms with Gasteiger partial charge in [0.2, 0.25) is 10.0 Å². The Morgan fingerprint density at radius 2 is 1.74 bits per heavy atom. The van der Waals surface area contributed by atoms with Crippen molar-refractivity contribution in [3.63, 3.8) is 0 Å². The Bertz CT molecular complexity index is 1160. The summed E-state index contributed by atoms with van der Waals surface area (Å²) in [6, 6.07) is 10.7. The summed E-state index contributed by atoms with van der Waals surface area (Å²) in [6.45, 7) is 3.88. The quantitative estimate of drug-likeness (QED) is 0.699. The van der Waals surface area contributed by atoms with Crippen LogP contribution in [0.5, 0.6) is 5.75 Å². The van der Waals surface area contributed by atoms with Crippen molar-refractivity contribution >= 4 is 21.1 Å². The van der Waals surface area contributed by atoms with E-state index in [1.54, 1.807) is 49.3 Å². The molecule has 0 saturated carbocycles. The molecule has 0 aliphatic carbocycles. The van der Waals surface area contributed by atoms with Gasteiger partial charge in [0.15, 0.2) is 0 Å². The molecule has 0 aliphatic rings. The fraction of sp³-hybridized carbons (Fsp3) is 0.316. The fourth-order valence-corrected chi connectivity index (χ4v) is 4.55. The standard InChI is InChI=1S/C19H23N3O4S/c1-13-12-18(14(2)11-17(13)26-4)27(24,25)20-9-10-22-16-8-6-5-7-15(16)21(3)19(22)23/h5-8,11-12,20H,9-10H2,1-4H3. The van der Waals surface area contributed by atoms with Crippen LogP contribution in [-0.2, 0) is 23.6 Å².